The van der Waals surface area contributed by atoms with Gasteiger partial charge in [0.15, 0.2) is 5.13 Å². The van der Waals surface area contributed by atoms with E-state index in [4.69, 9.17) is 4.74 Å². The van der Waals surface area contributed by atoms with Crippen LogP contribution in [0.25, 0.3) is 11.3 Å². The molecule has 1 spiro atoms. The van der Waals surface area contributed by atoms with Gasteiger partial charge in [-0.05, 0) is 24.7 Å². The molecule has 1 saturated carbocycles. The summed E-state index contributed by atoms with van der Waals surface area (Å²) in [6.45, 7) is 1.57. The maximum absolute atomic E-state index is 12.4. The molecule has 1 saturated heterocycles. The fourth-order valence-electron chi connectivity index (χ4n) is 3.26. The Morgan fingerprint density at radius 1 is 1.50 bits per heavy atom. The Morgan fingerprint density at radius 2 is 2.32 bits per heavy atom. The zero-order valence-electron chi connectivity index (χ0n) is 12.4. The molecule has 2 fully saturated rings. The van der Waals surface area contributed by atoms with Gasteiger partial charge in [-0.15, -0.1) is 11.3 Å². The van der Waals surface area contributed by atoms with E-state index >= 15 is 0 Å². The number of thiazole rings is 1. The minimum absolute atomic E-state index is 0.106. The van der Waals surface area contributed by atoms with Gasteiger partial charge in [0.05, 0.1) is 11.9 Å². The number of carbonyl (C=O) groups excluding carboxylic acids is 1. The highest BCUT2D eigenvalue weighted by Gasteiger charge is 2.58. The molecule has 1 unspecified atom stereocenters. The topological polar surface area (TPSA) is 69.0 Å². The molecular weight excluding hydrogens is 300 g/mol. The molecule has 0 radical (unpaired) electrons. The molecule has 1 aliphatic carbocycles. The Hall–Kier alpha value is -1.73. The monoisotopic (exact) mass is 318 g/mol. The fraction of sp³-hybridized carbons (Fsp3) is 0.533. The zero-order valence-corrected chi connectivity index (χ0v) is 13.2. The first-order valence-electron chi connectivity index (χ1n) is 7.49. The molecule has 2 aliphatic rings. The van der Waals surface area contributed by atoms with Gasteiger partial charge in [0.2, 0.25) is 5.91 Å². The molecule has 2 aromatic rings. The van der Waals surface area contributed by atoms with Crippen LogP contribution in [-0.2, 0) is 16.6 Å². The Kier molecular flexibility index (Phi) is 3.27. The van der Waals surface area contributed by atoms with E-state index in [0.29, 0.717) is 5.13 Å². The van der Waals surface area contributed by atoms with Crippen LogP contribution in [0.5, 0.6) is 0 Å². The van der Waals surface area contributed by atoms with Crippen molar-refractivity contribution in [1.82, 2.24) is 14.8 Å². The van der Waals surface area contributed by atoms with E-state index in [2.05, 4.69) is 15.4 Å². The van der Waals surface area contributed by atoms with E-state index in [9.17, 15) is 4.79 Å². The van der Waals surface area contributed by atoms with Crippen LogP contribution in [0.1, 0.15) is 19.3 Å². The van der Waals surface area contributed by atoms with Crippen molar-refractivity contribution in [1.29, 1.82) is 0 Å². The molecule has 0 aromatic carbocycles. The average molecular weight is 318 g/mol. The standard InChI is InChI=1S/C15H18N4O2S/c1-19-8-10(7-16-19)12-9-22-14(17-12)18-13(20)11-6-15(11)2-4-21-5-3-15/h7-9,11H,2-6H2,1H3,(H,17,18,20). The van der Waals surface area contributed by atoms with E-state index < -0.39 is 0 Å². The fourth-order valence-corrected chi connectivity index (χ4v) is 3.98. The van der Waals surface area contributed by atoms with Gasteiger partial charge in [-0.2, -0.15) is 5.10 Å². The summed E-state index contributed by atoms with van der Waals surface area (Å²) in [7, 11) is 1.87. The molecule has 4 rings (SSSR count). The van der Waals surface area contributed by atoms with Crippen LogP contribution in [0.4, 0.5) is 5.13 Å². The third kappa shape index (κ3) is 2.44. The second-order valence-corrected chi connectivity index (χ2v) is 7.02. The third-order valence-corrected chi connectivity index (χ3v) is 5.49. The Bertz CT molecular complexity index is 702. The predicted octanol–water partition coefficient (Wildman–Crippen LogP) is 2.30. The smallest absolute Gasteiger partial charge is 0.229 e. The number of amides is 1. The number of hydrogen-bond acceptors (Lipinski definition) is 5. The summed E-state index contributed by atoms with van der Waals surface area (Å²) < 4.78 is 7.14. The summed E-state index contributed by atoms with van der Waals surface area (Å²) >= 11 is 1.46. The van der Waals surface area contributed by atoms with Crippen LogP contribution in [0.2, 0.25) is 0 Å². The SMILES string of the molecule is Cn1cc(-c2csc(NC(=O)C3CC34CCOCC4)n2)cn1. The molecular formula is C15H18N4O2S. The summed E-state index contributed by atoms with van der Waals surface area (Å²) in [5.41, 5.74) is 2.02. The van der Waals surface area contributed by atoms with Gasteiger partial charge in [0, 0.05) is 43.3 Å². The van der Waals surface area contributed by atoms with Gasteiger partial charge in [-0.25, -0.2) is 4.98 Å². The van der Waals surface area contributed by atoms with E-state index in [1.54, 1.807) is 10.9 Å². The van der Waals surface area contributed by atoms with Crippen molar-refractivity contribution >= 4 is 22.4 Å². The molecule has 6 nitrogen and oxygen atoms in total. The van der Waals surface area contributed by atoms with Crippen molar-refractivity contribution in [3.05, 3.63) is 17.8 Å². The maximum atomic E-state index is 12.4. The number of hydrogen-bond donors (Lipinski definition) is 1. The van der Waals surface area contributed by atoms with E-state index in [-0.39, 0.29) is 17.2 Å². The minimum Gasteiger partial charge on any atom is -0.381 e. The lowest BCUT2D eigenvalue weighted by molar-refractivity contribution is -0.118. The van der Waals surface area contributed by atoms with Crippen molar-refractivity contribution in [3.8, 4) is 11.3 Å². The quantitative estimate of drug-likeness (QED) is 0.943. The van der Waals surface area contributed by atoms with Crippen molar-refractivity contribution in [3.63, 3.8) is 0 Å². The summed E-state index contributed by atoms with van der Waals surface area (Å²) in [5.74, 6) is 0.233. The number of carbonyl (C=O) groups is 1. The number of aromatic nitrogens is 3. The molecule has 7 heteroatoms. The lowest BCUT2D eigenvalue weighted by Crippen LogP contribution is -2.24. The van der Waals surface area contributed by atoms with Crippen LogP contribution >= 0.6 is 11.3 Å². The normalized spacial score (nSPS) is 22.7. The highest BCUT2D eigenvalue weighted by molar-refractivity contribution is 7.14. The largest absolute Gasteiger partial charge is 0.381 e. The number of nitrogens with zero attached hydrogens (tertiary/aromatic N) is 3. The van der Waals surface area contributed by atoms with Crippen LogP contribution in [0, 0.1) is 11.3 Å². The maximum Gasteiger partial charge on any atom is 0.229 e. The van der Waals surface area contributed by atoms with Crippen molar-refractivity contribution in [2.45, 2.75) is 19.3 Å². The molecule has 3 heterocycles. The Labute approximate surface area is 132 Å². The van der Waals surface area contributed by atoms with Gasteiger partial charge in [0.25, 0.3) is 0 Å². The van der Waals surface area contributed by atoms with Crippen LogP contribution in [-0.4, -0.2) is 33.9 Å². The first kappa shape index (κ1) is 13.9. The molecule has 0 bridgehead atoms. The van der Waals surface area contributed by atoms with Crippen molar-refractivity contribution in [2.24, 2.45) is 18.4 Å². The van der Waals surface area contributed by atoms with Gasteiger partial charge in [0.1, 0.15) is 0 Å². The molecule has 1 aliphatic heterocycles. The lowest BCUT2D eigenvalue weighted by Gasteiger charge is -2.22. The van der Waals surface area contributed by atoms with Crippen molar-refractivity contribution in [2.75, 3.05) is 18.5 Å². The van der Waals surface area contributed by atoms with Gasteiger partial charge in [-0.1, -0.05) is 0 Å². The van der Waals surface area contributed by atoms with Crippen molar-refractivity contribution < 1.29 is 9.53 Å². The van der Waals surface area contributed by atoms with E-state index in [1.165, 1.54) is 11.3 Å². The molecule has 2 aromatic heterocycles. The number of ether oxygens (including phenoxy) is 1. The number of aryl methyl sites for hydroxylation is 1. The molecule has 116 valence electrons. The highest BCUT2D eigenvalue weighted by atomic mass is 32.1. The minimum atomic E-state index is 0.106. The summed E-state index contributed by atoms with van der Waals surface area (Å²) in [5, 5.41) is 9.73. The molecule has 1 N–H and O–H groups in total. The zero-order chi connectivity index (χ0) is 15.2. The number of rotatable bonds is 3. The predicted molar refractivity (Wildman–Crippen MR) is 83.5 cm³/mol. The highest BCUT2D eigenvalue weighted by Crippen LogP contribution is 2.59. The molecule has 22 heavy (non-hydrogen) atoms. The molecule has 1 atom stereocenters. The first-order chi connectivity index (χ1) is 10.7. The number of anilines is 1. The average Bonchev–Trinajstić information content (AvgIpc) is 2.89. The lowest BCUT2D eigenvalue weighted by atomic mass is 9.94. The second-order valence-electron chi connectivity index (χ2n) is 6.16. The van der Waals surface area contributed by atoms with Crippen LogP contribution in [0.3, 0.4) is 0 Å². The Balaban J connectivity index is 1.42. The van der Waals surface area contributed by atoms with Gasteiger partial charge in [-0.3, -0.25) is 9.48 Å². The van der Waals surface area contributed by atoms with Gasteiger partial charge < -0.3 is 10.1 Å². The van der Waals surface area contributed by atoms with E-state index in [0.717, 1.165) is 43.7 Å². The van der Waals surface area contributed by atoms with Crippen LogP contribution < -0.4 is 5.32 Å². The van der Waals surface area contributed by atoms with Crippen LogP contribution in [0.15, 0.2) is 17.8 Å². The number of nitrogens with one attached hydrogen (secondary N) is 1. The third-order valence-electron chi connectivity index (χ3n) is 4.73. The summed E-state index contributed by atoms with van der Waals surface area (Å²) in [4.78, 5) is 16.9. The summed E-state index contributed by atoms with van der Waals surface area (Å²) in [6, 6.07) is 0. The first-order valence-corrected chi connectivity index (χ1v) is 8.37. The Morgan fingerprint density at radius 3 is 3.05 bits per heavy atom. The van der Waals surface area contributed by atoms with E-state index in [1.807, 2.05) is 18.6 Å². The molecule has 1 amide bonds. The second kappa shape index (κ2) is 5.17. The van der Waals surface area contributed by atoms with Gasteiger partial charge >= 0.3 is 0 Å². The summed E-state index contributed by atoms with van der Waals surface area (Å²) in [6.07, 6.45) is 6.69.